The van der Waals surface area contributed by atoms with E-state index in [0.717, 1.165) is 16.1 Å². The standard InChI is InChI=1S/C53H70N12O16S2/c1-49(2,3)77-45(69)54-26-19-27-63(43(58-46(70)78-50(4,5)6)59-47(71)79-51(7,8)9)29-34-28-55-64(61-34)30-36-38(41(67)65(36)83(73,74)75)57-40(66)37(35-31-82-44(56-35)60-48(72)80-52(10,11)12)62-81-53(24-25-53)42(68)76-39(32-20-15-13-16-21-32)33-22-17-14-18-23-33/h13-18,20-23,28,31,36,38-39H,19,24-27,29-30H2,1-12H3,(H,54,69)(H,57,66)(H,56,60,72)(H,73,74,75)(H,58,59,70,71)/b62-37-/t36-,38+/m1/s1. The average molecular weight is 1200 g/mol. The van der Waals surface area contributed by atoms with Crippen molar-refractivity contribution in [3.8, 4) is 0 Å². The number of guanidine groups is 1. The molecule has 1 saturated heterocycles. The first-order valence-electron chi connectivity index (χ1n) is 26.1. The van der Waals surface area contributed by atoms with E-state index < -0.39 is 111 Å². The number of rotatable bonds is 19. The number of amides is 6. The molecule has 28 nitrogen and oxygen atoms in total. The summed E-state index contributed by atoms with van der Waals surface area (Å²) in [5.74, 6) is -3.61. The van der Waals surface area contributed by atoms with Crippen LogP contribution in [0.4, 0.5) is 24.3 Å². The molecule has 2 fully saturated rings. The number of carbonyl (C=O) groups is 7. The van der Waals surface area contributed by atoms with Crippen LogP contribution < -0.4 is 21.3 Å². The van der Waals surface area contributed by atoms with Crippen LogP contribution in [0.15, 0.2) is 82.4 Å². The van der Waals surface area contributed by atoms with Crippen molar-refractivity contribution in [2.24, 2.45) is 10.1 Å². The minimum Gasteiger partial charge on any atom is -0.450 e. The first kappa shape index (κ1) is 63.9. The number of aromatic nitrogens is 4. The van der Waals surface area contributed by atoms with Crippen LogP contribution in [0, 0.1) is 0 Å². The maximum Gasteiger partial charge on any atom is 0.437 e. The molecule has 0 radical (unpaired) electrons. The van der Waals surface area contributed by atoms with Crippen molar-refractivity contribution in [3.63, 3.8) is 0 Å². The van der Waals surface area contributed by atoms with Gasteiger partial charge in [-0.15, -0.1) is 16.3 Å². The summed E-state index contributed by atoms with van der Waals surface area (Å²) in [6.45, 7) is 18.9. The van der Waals surface area contributed by atoms with Gasteiger partial charge in [0.1, 0.15) is 45.9 Å². The number of thiazole rings is 1. The van der Waals surface area contributed by atoms with Crippen molar-refractivity contribution in [1.82, 2.24) is 45.1 Å². The number of hydrogen-bond donors (Lipinski definition) is 5. The van der Waals surface area contributed by atoms with Crippen LogP contribution in [0.25, 0.3) is 0 Å². The molecule has 6 rings (SSSR count). The van der Waals surface area contributed by atoms with Crippen LogP contribution in [0.2, 0.25) is 0 Å². The number of oxime groups is 1. The molecule has 1 aliphatic heterocycles. The topological polar surface area (TPSA) is 352 Å². The van der Waals surface area contributed by atoms with Gasteiger partial charge in [0.15, 0.2) is 16.9 Å². The Morgan fingerprint density at radius 2 is 1.39 bits per heavy atom. The van der Waals surface area contributed by atoms with Crippen molar-refractivity contribution in [1.29, 1.82) is 0 Å². The van der Waals surface area contributed by atoms with Gasteiger partial charge in [0.2, 0.25) is 11.6 Å². The molecule has 2 aromatic heterocycles. The number of anilines is 1. The minimum absolute atomic E-state index is 0.0306. The quantitative estimate of drug-likeness (QED) is 0.00990. The Hall–Kier alpha value is -8.25. The normalized spacial score (nSPS) is 16.4. The number of alkyl carbamates (subject to hydrolysis) is 2. The van der Waals surface area contributed by atoms with Gasteiger partial charge in [0, 0.05) is 31.3 Å². The molecule has 0 bridgehead atoms. The van der Waals surface area contributed by atoms with Crippen molar-refractivity contribution in [2.45, 2.75) is 162 Å². The summed E-state index contributed by atoms with van der Waals surface area (Å²) in [7, 11) is -5.29. The maximum atomic E-state index is 14.5. The van der Waals surface area contributed by atoms with Crippen molar-refractivity contribution in [2.75, 3.05) is 18.4 Å². The Bertz CT molecular complexity index is 3140. The average Bonchev–Trinajstić information content (AvgIpc) is 3.63. The van der Waals surface area contributed by atoms with E-state index in [1.54, 1.807) is 132 Å². The molecule has 3 heterocycles. The van der Waals surface area contributed by atoms with E-state index in [-0.39, 0.29) is 65.7 Å². The first-order valence-corrected chi connectivity index (χ1v) is 28.4. The Labute approximate surface area is 483 Å². The number of ether oxygens (including phenoxy) is 5. The molecule has 2 atom stereocenters. The van der Waals surface area contributed by atoms with Crippen molar-refractivity contribution < 1.29 is 75.1 Å². The lowest BCUT2D eigenvalue weighted by atomic mass is 9.98. The van der Waals surface area contributed by atoms with Crippen LogP contribution in [0.5, 0.6) is 0 Å². The fourth-order valence-electron chi connectivity index (χ4n) is 7.60. The fourth-order valence-corrected chi connectivity index (χ4v) is 9.15. The third-order valence-corrected chi connectivity index (χ3v) is 12.9. The minimum atomic E-state index is -5.29. The van der Waals surface area contributed by atoms with E-state index in [0.29, 0.717) is 11.1 Å². The molecule has 450 valence electrons. The van der Waals surface area contributed by atoms with E-state index in [4.69, 9.17) is 28.5 Å². The highest BCUT2D eigenvalue weighted by atomic mass is 32.2. The monoisotopic (exact) mass is 1190 g/mol. The Balaban J connectivity index is 1.28. The highest BCUT2D eigenvalue weighted by Gasteiger charge is 2.57. The number of carbonyl (C=O) groups excluding carboxylic acids is 7. The van der Waals surface area contributed by atoms with Gasteiger partial charge in [-0.25, -0.2) is 33.3 Å². The molecule has 83 heavy (non-hydrogen) atoms. The molecule has 1 aliphatic carbocycles. The van der Waals surface area contributed by atoms with Gasteiger partial charge in [0.25, 0.3) is 11.8 Å². The van der Waals surface area contributed by atoms with Gasteiger partial charge >= 0.3 is 40.6 Å². The van der Waals surface area contributed by atoms with Gasteiger partial charge in [0.05, 0.1) is 19.3 Å². The van der Waals surface area contributed by atoms with E-state index >= 15 is 0 Å². The number of nitrogens with one attached hydrogen (secondary N) is 4. The predicted molar refractivity (Wildman–Crippen MR) is 299 cm³/mol. The van der Waals surface area contributed by atoms with Gasteiger partial charge in [-0.05, 0) is 101 Å². The molecule has 30 heteroatoms. The first-order chi connectivity index (χ1) is 38.6. The number of esters is 1. The molecule has 1 saturated carbocycles. The summed E-state index contributed by atoms with van der Waals surface area (Å²) in [6.07, 6.45) is -2.87. The molecule has 4 aromatic rings. The largest absolute Gasteiger partial charge is 0.450 e. The number of hydrogen-bond acceptors (Lipinski definition) is 20. The highest BCUT2D eigenvalue weighted by molar-refractivity contribution is 7.84. The van der Waals surface area contributed by atoms with E-state index in [1.807, 2.05) is 12.1 Å². The second kappa shape index (κ2) is 25.9. The SMILES string of the molecule is CC(C)(C)OC(=O)N=C(NC(=O)OC(C)(C)C)N(CCCNC(=O)OC(C)(C)C)Cc1cnn(C[C@@H]2[C@H](NC(=O)/C(=N\OC3(C(=O)OC(c4ccccc4)c4ccccc4)CC3)c3csc(NC(=O)OC(C)(C)C)n3)C(=O)N2S(=O)(=O)O)n1. The van der Waals surface area contributed by atoms with Crippen LogP contribution in [-0.4, -0.2) is 149 Å². The number of nitrogens with zero attached hydrogens (tertiary/aromatic N) is 8. The van der Waals surface area contributed by atoms with Crippen LogP contribution >= 0.6 is 11.3 Å². The van der Waals surface area contributed by atoms with Gasteiger partial charge in [-0.3, -0.25) is 24.8 Å². The lowest BCUT2D eigenvalue weighted by Gasteiger charge is -2.43. The van der Waals surface area contributed by atoms with Gasteiger partial charge in [-0.2, -0.15) is 23.4 Å². The van der Waals surface area contributed by atoms with Crippen LogP contribution in [-0.2, 0) is 66.3 Å². The number of aliphatic imine (C=N–C) groups is 1. The zero-order valence-electron chi connectivity index (χ0n) is 48.1. The molecule has 0 spiro atoms. The van der Waals surface area contributed by atoms with Crippen LogP contribution in [0.3, 0.4) is 0 Å². The number of benzene rings is 2. The maximum absolute atomic E-state index is 14.5. The van der Waals surface area contributed by atoms with E-state index in [1.165, 1.54) is 16.5 Å². The van der Waals surface area contributed by atoms with E-state index in [9.17, 15) is 46.5 Å². The summed E-state index contributed by atoms with van der Waals surface area (Å²) in [5, 5.41) is 24.1. The second-order valence-electron chi connectivity index (χ2n) is 23.1. The summed E-state index contributed by atoms with van der Waals surface area (Å²) >= 11 is 0.859. The predicted octanol–water partition coefficient (Wildman–Crippen LogP) is 6.40. The molecule has 5 N–H and O–H groups in total. The smallest absolute Gasteiger partial charge is 0.437 e. The molecule has 0 unspecified atom stereocenters. The van der Waals surface area contributed by atoms with Crippen LogP contribution in [0.1, 0.15) is 131 Å². The zero-order chi connectivity index (χ0) is 61.3. The summed E-state index contributed by atoms with van der Waals surface area (Å²) in [4.78, 5) is 110. The molecule has 2 aromatic carbocycles. The summed E-state index contributed by atoms with van der Waals surface area (Å²) in [5.41, 5.74) is -4.76. The molecular formula is C53H70N12O16S2. The fraction of sp³-hybridized carbons (Fsp3) is 0.509. The summed E-state index contributed by atoms with van der Waals surface area (Å²) < 4.78 is 63.5. The van der Waals surface area contributed by atoms with Crippen molar-refractivity contribution in [3.05, 3.63) is 94.8 Å². The lowest BCUT2D eigenvalue weighted by molar-refractivity contribution is -0.164. The number of β-lactam (4-membered cyclic amide) rings is 1. The molecule has 6 amide bonds. The lowest BCUT2D eigenvalue weighted by Crippen LogP contribution is -2.73. The summed E-state index contributed by atoms with van der Waals surface area (Å²) in [6, 6.07) is 14.6. The molecule has 2 aliphatic rings. The Morgan fingerprint density at radius 3 is 1.94 bits per heavy atom. The second-order valence-corrected chi connectivity index (χ2v) is 25.2. The highest BCUT2D eigenvalue weighted by Crippen LogP contribution is 2.43. The Morgan fingerprint density at radius 1 is 0.819 bits per heavy atom. The zero-order valence-corrected chi connectivity index (χ0v) is 49.7. The third-order valence-electron chi connectivity index (χ3n) is 11.2. The van der Waals surface area contributed by atoms with E-state index in [2.05, 4.69) is 46.6 Å². The van der Waals surface area contributed by atoms with Gasteiger partial charge < -0.3 is 44.1 Å². The third kappa shape index (κ3) is 19.4. The Kier molecular flexibility index (Phi) is 20.0. The van der Waals surface area contributed by atoms with Gasteiger partial charge in [-0.1, -0.05) is 65.8 Å². The molecular weight excluding hydrogens is 1120 g/mol. The van der Waals surface area contributed by atoms with Crippen molar-refractivity contribution >= 4 is 80.6 Å².